The number of nitriles is 1. The molecule has 0 aliphatic heterocycles. The van der Waals surface area contributed by atoms with Crippen molar-refractivity contribution in [3.8, 4) is 6.07 Å². The zero-order valence-electron chi connectivity index (χ0n) is 12.5. The smallest absolute Gasteiger partial charge is 0.275 e. The number of rotatable bonds is 3. The molecule has 7 heteroatoms. The Labute approximate surface area is 137 Å². The monoisotopic (exact) mass is 328 g/mol. The third kappa shape index (κ3) is 3.30. The Morgan fingerprint density at radius 2 is 1.96 bits per heavy atom. The molecule has 0 fully saturated rings. The molecule has 0 aliphatic rings. The van der Waals surface area contributed by atoms with Gasteiger partial charge in [0.05, 0.1) is 16.8 Å². The number of nitrogens with two attached hydrogens (primary N) is 1. The first-order valence-corrected chi connectivity index (χ1v) is 7.01. The van der Waals surface area contributed by atoms with Gasteiger partial charge in [0.15, 0.2) is 0 Å². The molecule has 0 spiro atoms. The van der Waals surface area contributed by atoms with Crippen LogP contribution >= 0.6 is 11.6 Å². The number of nitrogens with zero attached hydrogens (tertiary/aromatic N) is 2. The Morgan fingerprint density at radius 1 is 1.26 bits per heavy atom. The van der Waals surface area contributed by atoms with Crippen LogP contribution in [0.3, 0.4) is 0 Å². The molecule has 2 rings (SSSR count). The van der Waals surface area contributed by atoms with Crippen LogP contribution in [0.25, 0.3) is 0 Å². The minimum absolute atomic E-state index is 0.00582. The summed E-state index contributed by atoms with van der Waals surface area (Å²) in [6.45, 7) is 3.37. The first kappa shape index (κ1) is 16.5. The van der Waals surface area contributed by atoms with Gasteiger partial charge in [0.1, 0.15) is 11.8 Å². The highest BCUT2D eigenvalue weighted by Crippen LogP contribution is 2.27. The van der Waals surface area contributed by atoms with Crippen molar-refractivity contribution in [2.24, 2.45) is 5.73 Å². The molecule has 116 valence electrons. The van der Waals surface area contributed by atoms with Crippen LogP contribution in [0.15, 0.2) is 24.3 Å². The summed E-state index contributed by atoms with van der Waals surface area (Å²) in [6.07, 6.45) is 0. The number of halogens is 1. The molecule has 3 N–H and O–H groups in total. The maximum atomic E-state index is 12.5. The van der Waals surface area contributed by atoms with Gasteiger partial charge in [-0.3, -0.25) is 9.59 Å². The Morgan fingerprint density at radius 3 is 2.57 bits per heavy atom. The van der Waals surface area contributed by atoms with Crippen molar-refractivity contribution < 1.29 is 9.59 Å². The summed E-state index contributed by atoms with van der Waals surface area (Å²) in [5.41, 5.74) is 6.83. The van der Waals surface area contributed by atoms with E-state index in [1.165, 1.54) is 12.1 Å². The maximum Gasteiger partial charge on any atom is 0.275 e. The van der Waals surface area contributed by atoms with Gasteiger partial charge < -0.3 is 11.1 Å². The van der Waals surface area contributed by atoms with E-state index in [1.807, 2.05) is 6.07 Å². The minimum Gasteiger partial charge on any atom is -0.366 e. The SMILES string of the molecule is Cc1ccc(C(N)=O)c(C(=O)Nc2c(C#N)ccc(Cl)c2C)n1. The van der Waals surface area contributed by atoms with Crippen LogP contribution in [0, 0.1) is 25.2 Å². The molecule has 0 unspecified atom stereocenters. The summed E-state index contributed by atoms with van der Waals surface area (Å²) < 4.78 is 0. The summed E-state index contributed by atoms with van der Waals surface area (Å²) in [5, 5.41) is 12.2. The van der Waals surface area contributed by atoms with Crippen molar-refractivity contribution >= 4 is 29.1 Å². The molecule has 0 atom stereocenters. The summed E-state index contributed by atoms with van der Waals surface area (Å²) in [4.78, 5) is 28.0. The van der Waals surface area contributed by atoms with Gasteiger partial charge in [0.2, 0.25) is 0 Å². The molecule has 0 radical (unpaired) electrons. The molecular formula is C16H13ClN4O2. The lowest BCUT2D eigenvalue weighted by Crippen LogP contribution is -2.23. The number of carbonyl (C=O) groups is 2. The maximum absolute atomic E-state index is 12.5. The Kier molecular flexibility index (Phi) is 4.63. The number of amides is 2. The average molecular weight is 329 g/mol. The summed E-state index contributed by atoms with van der Waals surface area (Å²) in [6, 6.07) is 8.09. The molecule has 0 saturated carbocycles. The largest absolute Gasteiger partial charge is 0.366 e. The van der Waals surface area contributed by atoms with Gasteiger partial charge in [-0.15, -0.1) is 0 Å². The number of nitrogens with one attached hydrogen (secondary N) is 1. The molecule has 1 aromatic heterocycles. The predicted molar refractivity (Wildman–Crippen MR) is 86.3 cm³/mol. The van der Waals surface area contributed by atoms with Gasteiger partial charge in [-0.05, 0) is 43.7 Å². The zero-order valence-corrected chi connectivity index (χ0v) is 13.2. The van der Waals surface area contributed by atoms with Crippen molar-refractivity contribution in [2.45, 2.75) is 13.8 Å². The fourth-order valence-electron chi connectivity index (χ4n) is 2.04. The highest BCUT2D eigenvalue weighted by Gasteiger charge is 2.20. The normalized spacial score (nSPS) is 10.0. The number of aromatic nitrogens is 1. The van der Waals surface area contributed by atoms with Crippen molar-refractivity contribution in [3.05, 3.63) is 57.4 Å². The first-order chi connectivity index (χ1) is 10.8. The van der Waals surface area contributed by atoms with E-state index in [9.17, 15) is 14.9 Å². The van der Waals surface area contributed by atoms with E-state index in [1.54, 1.807) is 26.0 Å². The summed E-state index contributed by atoms with van der Waals surface area (Å²) in [5.74, 6) is -1.39. The van der Waals surface area contributed by atoms with E-state index in [-0.39, 0.29) is 22.5 Å². The number of aryl methyl sites for hydroxylation is 1. The van der Waals surface area contributed by atoms with E-state index < -0.39 is 11.8 Å². The van der Waals surface area contributed by atoms with Crippen LogP contribution in [-0.4, -0.2) is 16.8 Å². The molecule has 6 nitrogen and oxygen atoms in total. The van der Waals surface area contributed by atoms with Gasteiger partial charge in [-0.2, -0.15) is 5.26 Å². The fraction of sp³-hybridized carbons (Fsp3) is 0.125. The second-order valence-corrected chi connectivity index (χ2v) is 5.28. The van der Waals surface area contributed by atoms with Gasteiger partial charge >= 0.3 is 0 Å². The van der Waals surface area contributed by atoms with Crippen molar-refractivity contribution in [1.82, 2.24) is 4.98 Å². The summed E-state index contributed by atoms with van der Waals surface area (Å²) in [7, 11) is 0. The number of benzene rings is 1. The van der Waals surface area contributed by atoms with E-state index in [2.05, 4.69) is 10.3 Å². The van der Waals surface area contributed by atoms with Crippen molar-refractivity contribution in [1.29, 1.82) is 5.26 Å². The molecule has 0 bridgehead atoms. The van der Waals surface area contributed by atoms with E-state index >= 15 is 0 Å². The van der Waals surface area contributed by atoms with Crippen LogP contribution in [0.1, 0.15) is 37.7 Å². The van der Waals surface area contributed by atoms with Crippen LogP contribution < -0.4 is 11.1 Å². The topological polar surface area (TPSA) is 109 Å². The average Bonchev–Trinajstić information content (AvgIpc) is 2.51. The van der Waals surface area contributed by atoms with Crippen LogP contribution in [0.2, 0.25) is 5.02 Å². The lowest BCUT2D eigenvalue weighted by molar-refractivity contribution is 0.0974. The molecule has 2 aromatic rings. The second-order valence-electron chi connectivity index (χ2n) is 4.87. The highest BCUT2D eigenvalue weighted by atomic mass is 35.5. The lowest BCUT2D eigenvalue weighted by atomic mass is 10.1. The number of pyridine rings is 1. The number of anilines is 1. The third-order valence-electron chi connectivity index (χ3n) is 3.27. The quantitative estimate of drug-likeness (QED) is 0.902. The van der Waals surface area contributed by atoms with E-state index in [0.717, 1.165) is 0 Å². The first-order valence-electron chi connectivity index (χ1n) is 6.63. The zero-order chi connectivity index (χ0) is 17.1. The number of hydrogen-bond donors (Lipinski definition) is 2. The molecule has 0 saturated heterocycles. The highest BCUT2D eigenvalue weighted by molar-refractivity contribution is 6.32. The second kappa shape index (κ2) is 6.46. The van der Waals surface area contributed by atoms with Crippen LogP contribution in [0.4, 0.5) is 5.69 Å². The molecule has 1 heterocycles. The lowest BCUT2D eigenvalue weighted by Gasteiger charge is -2.12. The number of hydrogen-bond acceptors (Lipinski definition) is 4. The Balaban J connectivity index is 2.49. The van der Waals surface area contributed by atoms with E-state index in [4.69, 9.17) is 17.3 Å². The van der Waals surface area contributed by atoms with Gasteiger partial charge in [-0.25, -0.2) is 4.98 Å². The van der Waals surface area contributed by atoms with Crippen LogP contribution in [-0.2, 0) is 0 Å². The standard InChI is InChI=1S/C16H13ClN4O2/c1-8-3-5-11(15(19)22)14(20-8)16(23)21-13-9(2)12(17)6-4-10(13)7-18/h3-6H,1-2H3,(H2,19,22)(H,21,23). The van der Waals surface area contributed by atoms with Crippen molar-refractivity contribution in [2.75, 3.05) is 5.32 Å². The molecule has 23 heavy (non-hydrogen) atoms. The molecule has 1 aromatic carbocycles. The van der Waals surface area contributed by atoms with E-state index in [0.29, 0.717) is 16.3 Å². The summed E-state index contributed by atoms with van der Waals surface area (Å²) >= 11 is 6.03. The molecule has 0 aliphatic carbocycles. The van der Waals surface area contributed by atoms with Gasteiger partial charge in [-0.1, -0.05) is 11.6 Å². The number of primary amides is 1. The minimum atomic E-state index is -0.758. The van der Waals surface area contributed by atoms with Gasteiger partial charge in [0.25, 0.3) is 11.8 Å². The number of carbonyl (C=O) groups excluding carboxylic acids is 2. The fourth-order valence-corrected chi connectivity index (χ4v) is 2.20. The van der Waals surface area contributed by atoms with Gasteiger partial charge in [0, 0.05) is 10.7 Å². The predicted octanol–water partition coefficient (Wildman–Crippen LogP) is 2.57. The van der Waals surface area contributed by atoms with Crippen LogP contribution in [0.5, 0.6) is 0 Å². The van der Waals surface area contributed by atoms with Crippen molar-refractivity contribution in [3.63, 3.8) is 0 Å². The Bertz CT molecular complexity index is 856. The molecule has 2 amide bonds. The molecular weight excluding hydrogens is 316 g/mol. The Hall–Kier alpha value is -2.91. The third-order valence-corrected chi connectivity index (χ3v) is 3.68.